The van der Waals surface area contributed by atoms with Crippen LogP contribution in [0.3, 0.4) is 0 Å². The van der Waals surface area contributed by atoms with E-state index in [0.29, 0.717) is 34.1 Å². The normalized spacial score (nSPS) is 13.3. The van der Waals surface area contributed by atoms with Gasteiger partial charge in [-0.2, -0.15) is 10.2 Å². The molecule has 4 aromatic rings. The van der Waals surface area contributed by atoms with Crippen LogP contribution in [0.2, 0.25) is 0 Å². The number of anilines is 3. The molecule has 0 bridgehead atoms. The number of aromatic amines is 1. The molecular weight excluding hydrogens is 520 g/mol. The Balaban J connectivity index is 1.26. The molecule has 3 heterocycles. The number of carbonyl (C=O) groups excluding carboxylic acids is 2. The van der Waals surface area contributed by atoms with Crippen molar-refractivity contribution in [3.05, 3.63) is 45.6 Å². The van der Waals surface area contributed by atoms with Crippen molar-refractivity contribution in [1.82, 2.24) is 29.9 Å². The fourth-order valence-corrected chi connectivity index (χ4v) is 4.97. The molecule has 0 spiro atoms. The van der Waals surface area contributed by atoms with Crippen LogP contribution >= 0.6 is 27.3 Å². The van der Waals surface area contributed by atoms with Crippen LogP contribution in [0, 0.1) is 6.92 Å². The van der Waals surface area contributed by atoms with Gasteiger partial charge in [-0.1, -0.05) is 11.3 Å². The number of nitrogens with zero attached hydrogens (tertiary/aromatic N) is 5. The topological polar surface area (TPSA) is 121 Å². The Morgan fingerprint density at radius 3 is 2.91 bits per heavy atom. The first-order valence-electron chi connectivity index (χ1n) is 10.9. The fourth-order valence-electron chi connectivity index (χ4n) is 3.81. The number of aryl methyl sites for hydroxylation is 1. The smallest absolute Gasteiger partial charge is 0.267 e. The van der Waals surface area contributed by atoms with Gasteiger partial charge in [0.15, 0.2) is 10.9 Å². The van der Waals surface area contributed by atoms with Crippen molar-refractivity contribution < 1.29 is 9.59 Å². The summed E-state index contributed by atoms with van der Waals surface area (Å²) in [5, 5.41) is 18.9. The molecule has 0 radical (unpaired) electrons. The van der Waals surface area contributed by atoms with Crippen LogP contribution < -0.4 is 10.6 Å². The molecule has 0 aliphatic heterocycles. The molecule has 1 aromatic carbocycles. The van der Waals surface area contributed by atoms with Crippen molar-refractivity contribution in [2.24, 2.45) is 0 Å². The minimum Gasteiger partial charge on any atom is -0.338 e. The van der Waals surface area contributed by atoms with Crippen LogP contribution in [0.5, 0.6) is 0 Å². The standard InChI is InChI=1S/C22H23BrN8O2S/c1-3-31(13-4-5-13)18(32)11-30-10-12(2)20(29-30)27-22-24-9-17(34-22)21(33)26-19-14-8-25-28-16(14)7-6-15(19)23/h6-10,13H,3-5,11H2,1-2H3,(H,25,28)(H,26,33)(H,24,27,29). The van der Waals surface area contributed by atoms with Gasteiger partial charge in [0, 0.05) is 34.2 Å². The van der Waals surface area contributed by atoms with Gasteiger partial charge in [-0.05, 0) is 54.8 Å². The average molecular weight is 543 g/mol. The van der Waals surface area contributed by atoms with Crippen molar-refractivity contribution in [2.75, 3.05) is 17.2 Å². The highest BCUT2D eigenvalue weighted by Gasteiger charge is 2.31. The molecule has 10 nitrogen and oxygen atoms in total. The molecule has 3 aromatic heterocycles. The molecule has 1 saturated carbocycles. The van der Waals surface area contributed by atoms with Gasteiger partial charge in [0.05, 0.1) is 23.6 Å². The van der Waals surface area contributed by atoms with Gasteiger partial charge in [-0.15, -0.1) is 0 Å². The van der Waals surface area contributed by atoms with Crippen LogP contribution in [0.4, 0.5) is 16.6 Å². The average Bonchev–Trinajstić information content (AvgIpc) is 3.19. The quantitative estimate of drug-likeness (QED) is 0.305. The zero-order chi connectivity index (χ0) is 23.8. The summed E-state index contributed by atoms with van der Waals surface area (Å²) < 4.78 is 2.41. The van der Waals surface area contributed by atoms with Crippen LogP contribution in [0.1, 0.15) is 35.0 Å². The fraction of sp³-hybridized carbons (Fsp3) is 0.318. The lowest BCUT2D eigenvalue weighted by molar-refractivity contribution is -0.132. The van der Waals surface area contributed by atoms with Gasteiger partial charge in [-0.25, -0.2) is 4.98 Å². The summed E-state index contributed by atoms with van der Waals surface area (Å²) in [5.74, 6) is 0.410. The molecular formula is C22H23BrN8O2S. The second-order valence-electron chi connectivity index (χ2n) is 8.13. The third-order valence-corrected chi connectivity index (χ3v) is 7.23. The van der Waals surface area contributed by atoms with E-state index in [4.69, 9.17) is 0 Å². The molecule has 0 saturated heterocycles. The number of halogens is 1. The van der Waals surface area contributed by atoms with Crippen LogP contribution in [0.15, 0.2) is 35.2 Å². The Kier molecular flexibility index (Phi) is 6.09. The number of hydrogen-bond donors (Lipinski definition) is 3. The van der Waals surface area contributed by atoms with Crippen LogP contribution in [-0.4, -0.2) is 54.3 Å². The third kappa shape index (κ3) is 4.55. The lowest BCUT2D eigenvalue weighted by Crippen LogP contribution is -2.35. The predicted molar refractivity (Wildman–Crippen MR) is 135 cm³/mol. The molecule has 0 atom stereocenters. The van der Waals surface area contributed by atoms with E-state index < -0.39 is 0 Å². The zero-order valence-electron chi connectivity index (χ0n) is 18.6. The van der Waals surface area contributed by atoms with Gasteiger partial charge in [0.1, 0.15) is 11.4 Å². The van der Waals surface area contributed by atoms with E-state index in [1.54, 1.807) is 10.9 Å². The second kappa shape index (κ2) is 9.18. The van der Waals surface area contributed by atoms with Crippen LogP contribution in [0.25, 0.3) is 10.9 Å². The molecule has 2 amide bonds. The van der Waals surface area contributed by atoms with E-state index in [1.165, 1.54) is 17.5 Å². The molecule has 1 aliphatic carbocycles. The Labute approximate surface area is 207 Å². The summed E-state index contributed by atoms with van der Waals surface area (Å²) in [6.07, 6.45) is 7.20. The maximum absolute atomic E-state index is 12.9. The monoisotopic (exact) mass is 542 g/mol. The van der Waals surface area contributed by atoms with Crippen LogP contribution in [-0.2, 0) is 11.3 Å². The molecule has 1 aliphatic rings. The maximum atomic E-state index is 12.9. The first-order chi connectivity index (χ1) is 16.4. The molecule has 34 heavy (non-hydrogen) atoms. The van der Waals surface area contributed by atoms with Crippen molar-refractivity contribution in [3.63, 3.8) is 0 Å². The summed E-state index contributed by atoms with van der Waals surface area (Å²) >= 11 is 4.71. The van der Waals surface area contributed by atoms with Crippen molar-refractivity contribution in [3.8, 4) is 0 Å². The van der Waals surface area contributed by atoms with E-state index in [0.717, 1.165) is 33.8 Å². The number of fused-ring (bicyclic) bond motifs is 1. The maximum Gasteiger partial charge on any atom is 0.267 e. The van der Waals surface area contributed by atoms with Gasteiger partial charge >= 0.3 is 0 Å². The summed E-state index contributed by atoms with van der Waals surface area (Å²) in [6.45, 7) is 4.83. The third-order valence-electron chi connectivity index (χ3n) is 5.66. The number of aromatic nitrogens is 5. The number of thiazole rings is 1. The first kappa shape index (κ1) is 22.5. The SMILES string of the molecule is CCN(C(=O)Cn1cc(C)c(Nc2ncc(C(=O)Nc3c(Br)ccc4[nH]ncc34)s2)n1)C1CC1. The molecule has 1 fully saturated rings. The number of rotatable bonds is 8. The van der Waals surface area contributed by atoms with Crippen molar-refractivity contribution in [1.29, 1.82) is 0 Å². The summed E-state index contributed by atoms with van der Waals surface area (Å²) in [4.78, 5) is 32.2. The van der Waals surface area contributed by atoms with E-state index in [2.05, 4.69) is 46.8 Å². The largest absolute Gasteiger partial charge is 0.338 e. The predicted octanol–water partition coefficient (Wildman–Crippen LogP) is 4.29. The van der Waals surface area contributed by atoms with Crippen molar-refractivity contribution >= 4 is 66.6 Å². The number of hydrogen-bond acceptors (Lipinski definition) is 7. The number of amides is 2. The van der Waals surface area contributed by atoms with Gasteiger partial charge in [0.25, 0.3) is 5.91 Å². The van der Waals surface area contributed by atoms with E-state index in [9.17, 15) is 9.59 Å². The highest BCUT2D eigenvalue weighted by atomic mass is 79.9. The Morgan fingerprint density at radius 2 is 2.15 bits per heavy atom. The summed E-state index contributed by atoms with van der Waals surface area (Å²) in [5.41, 5.74) is 2.36. The lowest BCUT2D eigenvalue weighted by Gasteiger charge is -2.20. The van der Waals surface area contributed by atoms with E-state index >= 15 is 0 Å². The molecule has 176 valence electrons. The highest BCUT2D eigenvalue weighted by Crippen LogP contribution is 2.32. The summed E-state index contributed by atoms with van der Waals surface area (Å²) in [7, 11) is 0. The Hall–Kier alpha value is -3.25. The number of H-pyrrole nitrogens is 1. The zero-order valence-corrected chi connectivity index (χ0v) is 21.0. The molecule has 3 N–H and O–H groups in total. The molecule has 0 unspecified atom stereocenters. The Bertz CT molecular complexity index is 1370. The number of carbonyl (C=O) groups is 2. The summed E-state index contributed by atoms with van der Waals surface area (Å²) in [6, 6.07) is 4.12. The lowest BCUT2D eigenvalue weighted by atomic mass is 10.2. The number of nitrogens with one attached hydrogen (secondary N) is 3. The number of benzene rings is 1. The minimum absolute atomic E-state index is 0.0751. The van der Waals surface area contributed by atoms with E-state index in [-0.39, 0.29) is 18.4 Å². The molecule has 5 rings (SSSR count). The highest BCUT2D eigenvalue weighted by molar-refractivity contribution is 9.10. The van der Waals surface area contributed by atoms with Crippen molar-refractivity contribution in [2.45, 2.75) is 39.3 Å². The van der Waals surface area contributed by atoms with Gasteiger partial charge < -0.3 is 15.5 Å². The van der Waals surface area contributed by atoms with Gasteiger partial charge in [-0.3, -0.25) is 19.4 Å². The first-order valence-corrected chi connectivity index (χ1v) is 12.5. The van der Waals surface area contributed by atoms with Gasteiger partial charge in [0.2, 0.25) is 5.91 Å². The second-order valence-corrected chi connectivity index (χ2v) is 10.0. The number of likely N-dealkylation sites (N-methyl/N-ethyl adjacent to an activating group) is 1. The Morgan fingerprint density at radius 1 is 1.32 bits per heavy atom. The molecule has 12 heteroatoms. The minimum atomic E-state index is -0.271. The van der Waals surface area contributed by atoms with E-state index in [1.807, 2.05) is 37.1 Å².